The number of urea groups is 1. The maximum Gasteiger partial charge on any atom is 0.318 e. The topological polar surface area (TPSA) is 93.5 Å². The van der Waals surface area contributed by atoms with Gasteiger partial charge in [-0.2, -0.15) is 0 Å². The second-order valence-electron chi connectivity index (χ2n) is 8.99. The molecule has 0 bridgehead atoms. The highest BCUT2D eigenvalue weighted by atomic mass is 32.2. The fourth-order valence-corrected chi connectivity index (χ4v) is 5.57. The number of benzene rings is 1. The van der Waals surface area contributed by atoms with E-state index < -0.39 is 9.84 Å². The van der Waals surface area contributed by atoms with E-state index in [2.05, 4.69) is 10.3 Å². The van der Waals surface area contributed by atoms with Gasteiger partial charge in [0.1, 0.15) is 0 Å². The lowest BCUT2D eigenvalue weighted by Crippen LogP contribution is -2.44. The molecule has 2 aliphatic rings. The summed E-state index contributed by atoms with van der Waals surface area (Å²) in [6.07, 6.45) is 5.33. The number of ether oxygens (including phenoxy) is 1. The van der Waals surface area contributed by atoms with Crippen molar-refractivity contribution in [2.24, 2.45) is 0 Å². The first kappa shape index (κ1) is 22.8. The Kier molecular flexibility index (Phi) is 6.85. The minimum Gasteiger partial charge on any atom is -0.376 e. The van der Waals surface area contributed by atoms with E-state index in [0.29, 0.717) is 19.7 Å². The number of nitrogens with one attached hydrogen (secondary N) is 1. The molecule has 1 saturated heterocycles. The highest BCUT2D eigenvalue weighted by molar-refractivity contribution is 7.90. The quantitative estimate of drug-likeness (QED) is 0.621. The number of aromatic nitrogens is 2. The minimum atomic E-state index is -3.67. The molecule has 2 aromatic rings. The molecule has 0 unspecified atom stereocenters. The average molecular weight is 461 g/mol. The molecule has 1 aromatic heterocycles. The van der Waals surface area contributed by atoms with Crippen molar-refractivity contribution < 1.29 is 17.9 Å². The number of hydrogen-bond acceptors (Lipinski definition) is 5. The van der Waals surface area contributed by atoms with Gasteiger partial charge >= 0.3 is 6.03 Å². The molecule has 1 aliphatic heterocycles. The summed E-state index contributed by atoms with van der Waals surface area (Å²) in [4.78, 5) is 18.9. The van der Waals surface area contributed by atoms with E-state index in [4.69, 9.17) is 4.74 Å². The number of sulfone groups is 1. The van der Waals surface area contributed by atoms with Crippen LogP contribution in [-0.4, -0.2) is 53.7 Å². The Morgan fingerprint density at radius 1 is 1.25 bits per heavy atom. The maximum absolute atomic E-state index is 13.3. The van der Waals surface area contributed by atoms with Gasteiger partial charge in [0.2, 0.25) is 15.0 Å². The second kappa shape index (κ2) is 9.62. The third-order valence-corrected chi connectivity index (χ3v) is 7.38. The summed E-state index contributed by atoms with van der Waals surface area (Å²) in [5, 5.41) is 3.01. The molecule has 8 nitrogen and oxygen atoms in total. The van der Waals surface area contributed by atoms with Crippen molar-refractivity contribution in [3.8, 4) is 0 Å². The molecule has 9 heteroatoms. The molecule has 1 N–H and O–H groups in total. The number of carbonyl (C=O) groups is 1. The Labute approximate surface area is 189 Å². The number of hydrogen-bond donors (Lipinski definition) is 1. The largest absolute Gasteiger partial charge is 0.376 e. The second-order valence-corrected chi connectivity index (χ2v) is 10.9. The van der Waals surface area contributed by atoms with E-state index in [1.807, 2.05) is 32.0 Å². The summed E-state index contributed by atoms with van der Waals surface area (Å²) in [7, 11) is -3.67. The van der Waals surface area contributed by atoms with Crippen LogP contribution < -0.4 is 5.32 Å². The molecular formula is C23H32N4O4S. The number of carbonyl (C=O) groups excluding carboxylic acids is 1. The van der Waals surface area contributed by atoms with Gasteiger partial charge in [0.05, 0.1) is 36.8 Å². The smallest absolute Gasteiger partial charge is 0.318 e. The summed E-state index contributed by atoms with van der Waals surface area (Å²) >= 11 is 0. The fourth-order valence-electron chi connectivity index (χ4n) is 4.07. The molecule has 1 aromatic carbocycles. The normalized spacial score (nSPS) is 18.8. The third kappa shape index (κ3) is 5.50. The molecule has 2 fully saturated rings. The lowest BCUT2D eigenvalue weighted by Gasteiger charge is -2.25. The predicted molar refractivity (Wildman–Crippen MR) is 121 cm³/mol. The molecule has 174 valence electrons. The molecule has 0 radical (unpaired) electrons. The Morgan fingerprint density at radius 2 is 2.00 bits per heavy atom. The zero-order valence-corrected chi connectivity index (χ0v) is 19.6. The average Bonchev–Trinajstić information content (AvgIpc) is 3.28. The Morgan fingerprint density at radius 3 is 2.62 bits per heavy atom. The molecular weight excluding hydrogens is 428 g/mol. The number of nitrogens with zero attached hydrogens (tertiary/aromatic N) is 3. The van der Waals surface area contributed by atoms with Gasteiger partial charge < -0.3 is 19.5 Å². The third-order valence-electron chi connectivity index (χ3n) is 5.78. The summed E-state index contributed by atoms with van der Waals surface area (Å²) in [5.41, 5.74) is 1.44. The summed E-state index contributed by atoms with van der Waals surface area (Å²) in [5.74, 6) is -0.115. The van der Waals surface area contributed by atoms with Crippen molar-refractivity contribution in [3.63, 3.8) is 0 Å². The van der Waals surface area contributed by atoms with Crippen molar-refractivity contribution in [2.45, 2.75) is 81.7 Å². The van der Waals surface area contributed by atoms with E-state index in [-0.39, 0.29) is 35.1 Å². The van der Waals surface area contributed by atoms with Crippen molar-refractivity contribution in [1.29, 1.82) is 0 Å². The van der Waals surface area contributed by atoms with Crippen LogP contribution in [0, 0.1) is 0 Å². The van der Waals surface area contributed by atoms with Crippen molar-refractivity contribution in [1.82, 2.24) is 19.8 Å². The van der Waals surface area contributed by atoms with Crippen LogP contribution in [-0.2, 0) is 33.4 Å². The van der Waals surface area contributed by atoms with Crippen LogP contribution in [0.25, 0.3) is 0 Å². The van der Waals surface area contributed by atoms with Gasteiger partial charge in [0.25, 0.3) is 0 Å². The van der Waals surface area contributed by atoms with Gasteiger partial charge in [-0.05, 0) is 45.1 Å². The summed E-state index contributed by atoms with van der Waals surface area (Å²) in [6.45, 7) is 5.29. The molecule has 1 atom stereocenters. The van der Waals surface area contributed by atoms with Crippen LogP contribution in [0.15, 0.2) is 41.7 Å². The van der Waals surface area contributed by atoms with Gasteiger partial charge in [-0.1, -0.05) is 30.3 Å². The number of rotatable bonds is 9. The molecule has 0 spiro atoms. The molecule has 2 heterocycles. The fraction of sp³-hybridized carbons (Fsp3) is 0.565. The van der Waals surface area contributed by atoms with E-state index in [0.717, 1.165) is 36.9 Å². The zero-order chi connectivity index (χ0) is 22.7. The molecule has 1 saturated carbocycles. The zero-order valence-electron chi connectivity index (χ0n) is 18.7. The lowest BCUT2D eigenvalue weighted by molar-refractivity contribution is 0.0934. The first-order chi connectivity index (χ1) is 15.3. The van der Waals surface area contributed by atoms with Crippen LogP contribution in [0.5, 0.6) is 0 Å². The highest BCUT2D eigenvalue weighted by Crippen LogP contribution is 2.30. The van der Waals surface area contributed by atoms with E-state index in [9.17, 15) is 13.2 Å². The van der Waals surface area contributed by atoms with E-state index in [1.165, 1.54) is 0 Å². The Hall–Kier alpha value is -2.39. The molecule has 4 rings (SSSR count). The van der Waals surface area contributed by atoms with Gasteiger partial charge in [0, 0.05) is 18.7 Å². The molecule has 32 heavy (non-hydrogen) atoms. The first-order valence-electron chi connectivity index (χ1n) is 11.3. The maximum atomic E-state index is 13.3. The highest BCUT2D eigenvalue weighted by Gasteiger charge is 2.35. The van der Waals surface area contributed by atoms with Crippen LogP contribution in [0.2, 0.25) is 0 Å². The van der Waals surface area contributed by atoms with Crippen LogP contribution in [0.1, 0.15) is 50.8 Å². The Balaban J connectivity index is 1.63. The van der Waals surface area contributed by atoms with E-state index >= 15 is 0 Å². The number of imidazole rings is 1. The van der Waals surface area contributed by atoms with Crippen LogP contribution in [0.3, 0.4) is 0 Å². The van der Waals surface area contributed by atoms with Gasteiger partial charge in [0.15, 0.2) is 0 Å². The first-order valence-corrected chi connectivity index (χ1v) is 13.0. The summed E-state index contributed by atoms with van der Waals surface area (Å²) in [6, 6.07) is 9.22. The van der Waals surface area contributed by atoms with E-state index in [1.54, 1.807) is 27.8 Å². The predicted octanol–water partition coefficient (Wildman–Crippen LogP) is 3.12. The van der Waals surface area contributed by atoms with Crippen molar-refractivity contribution >= 4 is 15.9 Å². The monoisotopic (exact) mass is 460 g/mol. The minimum absolute atomic E-state index is 0.0300. The van der Waals surface area contributed by atoms with Gasteiger partial charge in [-0.15, -0.1) is 0 Å². The Bertz CT molecular complexity index is 1030. The van der Waals surface area contributed by atoms with Crippen molar-refractivity contribution in [3.05, 3.63) is 47.8 Å². The summed E-state index contributed by atoms with van der Waals surface area (Å²) < 4.78 is 34.2. The standard InChI is InChI=1S/C23H32N4O4S/c1-17(2)25-22(28)26(19-10-11-19)14-20-13-24-23(27(20)15-21-9-6-12-31-21)32(29,30)16-18-7-4-3-5-8-18/h3-5,7-8,13,17,19,21H,6,9-12,14-16H2,1-2H3,(H,25,28)/t21-/m0/s1. The number of amides is 2. The lowest BCUT2D eigenvalue weighted by atomic mass is 10.2. The SMILES string of the molecule is CC(C)NC(=O)N(Cc1cnc(S(=O)(=O)Cc2ccccc2)n1C[C@@H]1CCCO1)C1CC1. The van der Waals surface area contributed by atoms with Gasteiger partial charge in [-0.25, -0.2) is 18.2 Å². The molecule has 2 amide bonds. The molecule has 1 aliphatic carbocycles. The van der Waals surface area contributed by atoms with Crippen molar-refractivity contribution in [2.75, 3.05) is 6.61 Å². The van der Waals surface area contributed by atoms with Crippen LogP contribution in [0.4, 0.5) is 4.79 Å². The van der Waals surface area contributed by atoms with Crippen LogP contribution >= 0.6 is 0 Å². The van der Waals surface area contributed by atoms with Gasteiger partial charge in [-0.3, -0.25) is 0 Å².